The van der Waals surface area contributed by atoms with Gasteiger partial charge < -0.3 is 10.1 Å². The molecule has 34 heavy (non-hydrogen) atoms. The largest absolute Gasteiger partial charge is 0.454 e. The van der Waals surface area contributed by atoms with Gasteiger partial charge in [-0.05, 0) is 37.0 Å². The number of hydrogen-bond acceptors (Lipinski definition) is 5. The summed E-state index contributed by atoms with van der Waals surface area (Å²) in [6.45, 7) is 4.87. The van der Waals surface area contributed by atoms with Gasteiger partial charge in [-0.25, -0.2) is 4.79 Å². The van der Waals surface area contributed by atoms with Crippen LogP contribution in [0.1, 0.15) is 46.5 Å². The molecule has 0 spiro atoms. The van der Waals surface area contributed by atoms with E-state index in [1.807, 2.05) is 13.0 Å². The molecule has 180 valence electrons. The van der Waals surface area contributed by atoms with Crippen molar-refractivity contribution in [3.8, 4) is 0 Å². The van der Waals surface area contributed by atoms with Gasteiger partial charge in [0.05, 0.1) is 31.2 Å². The second kappa shape index (κ2) is 10.5. The molecule has 1 aliphatic rings. The molecule has 0 saturated heterocycles. The zero-order chi connectivity index (χ0) is 25.3. The lowest BCUT2D eigenvalue weighted by molar-refractivity contribution is -0.151. The Morgan fingerprint density at radius 1 is 0.971 bits per heavy atom. The number of ether oxygens (including phenoxy) is 1. The van der Waals surface area contributed by atoms with Crippen LogP contribution in [0, 0.1) is 12.8 Å². The first-order chi connectivity index (χ1) is 15.9. The lowest BCUT2D eigenvalue weighted by Crippen LogP contribution is -2.47. The number of carbonyl (C=O) groups excluding carboxylic acids is 4. The van der Waals surface area contributed by atoms with Crippen molar-refractivity contribution in [1.29, 1.82) is 0 Å². The molecule has 2 aromatic carbocycles. The Morgan fingerprint density at radius 2 is 1.53 bits per heavy atom. The Bertz CT molecular complexity index is 1150. The van der Waals surface area contributed by atoms with Crippen molar-refractivity contribution in [3.63, 3.8) is 0 Å². The molecule has 0 radical (unpaired) electrons. The number of amides is 3. The number of esters is 1. The molecule has 2 aromatic rings. The molecular weight excluding hydrogens is 526 g/mol. The molecule has 3 rings (SSSR count). The van der Waals surface area contributed by atoms with Gasteiger partial charge in [0.1, 0.15) is 6.04 Å². The summed E-state index contributed by atoms with van der Waals surface area (Å²) >= 11 is 24.5. The molecule has 7 nitrogen and oxygen atoms in total. The zero-order valence-electron chi connectivity index (χ0n) is 18.4. The fourth-order valence-electron chi connectivity index (χ4n) is 3.56. The number of halogens is 4. The molecule has 1 atom stereocenters. The van der Waals surface area contributed by atoms with E-state index in [9.17, 15) is 19.2 Å². The quantitative estimate of drug-likeness (QED) is 0.205. The molecule has 1 heterocycles. The van der Waals surface area contributed by atoms with Crippen LogP contribution in [0.5, 0.6) is 0 Å². The predicted octanol–water partition coefficient (Wildman–Crippen LogP) is 5.80. The molecule has 0 saturated carbocycles. The van der Waals surface area contributed by atoms with Crippen molar-refractivity contribution in [2.45, 2.75) is 33.2 Å². The van der Waals surface area contributed by atoms with Gasteiger partial charge in [-0.1, -0.05) is 72.4 Å². The van der Waals surface area contributed by atoms with Gasteiger partial charge in [-0.2, -0.15) is 0 Å². The molecule has 0 bridgehead atoms. The fraction of sp³-hybridized carbons (Fsp3) is 0.304. The maximum atomic E-state index is 13.2. The van der Waals surface area contributed by atoms with Crippen LogP contribution in [0.3, 0.4) is 0 Å². The lowest BCUT2D eigenvalue weighted by atomic mass is 10.0. The summed E-state index contributed by atoms with van der Waals surface area (Å²) in [6.07, 6.45) is 0.0838. The van der Waals surface area contributed by atoms with E-state index in [0.717, 1.165) is 10.5 Å². The Balaban J connectivity index is 1.82. The van der Waals surface area contributed by atoms with E-state index >= 15 is 0 Å². The van der Waals surface area contributed by atoms with Crippen molar-refractivity contribution in [3.05, 3.63) is 61.0 Å². The topological polar surface area (TPSA) is 92.8 Å². The van der Waals surface area contributed by atoms with Crippen LogP contribution < -0.4 is 5.32 Å². The highest BCUT2D eigenvalue weighted by molar-refractivity contribution is 6.55. The van der Waals surface area contributed by atoms with Crippen LogP contribution >= 0.6 is 46.4 Å². The summed E-state index contributed by atoms with van der Waals surface area (Å²) in [5.41, 5.74) is 1.02. The summed E-state index contributed by atoms with van der Waals surface area (Å²) in [5, 5.41) is 1.80. The maximum absolute atomic E-state index is 13.2. The summed E-state index contributed by atoms with van der Waals surface area (Å²) in [6, 6.07) is 5.77. The third-order valence-electron chi connectivity index (χ3n) is 5.06. The number of nitrogens with one attached hydrogen (secondary N) is 1. The van der Waals surface area contributed by atoms with E-state index in [1.165, 1.54) is 0 Å². The van der Waals surface area contributed by atoms with Crippen molar-refractivity contribution >= 4 is 75.8 Å². The highest BCUT2D eigenvalue weighted by Crippen LogP contribution is 2.45. The van der Waals surface area contributed by atoms with Gasteiger partial charge >= 0.3 is 5.97 Å². The minimum absolute atomic E-state index is 0.0838. The van der Waals surface area contributed by atoms with Gasteiger partial charge in [0, 0.05) is 5.69 Å². The van der Waals surface area contributed by atoms with Crippen LogP contribution in [0.4, 0.5) is 5.69 Å². The average Bonchev–Trinajstić information content (AvgIpc) is 3.03. The number of carbonyl (C=O) groups is 4. The van der Waals surface area contributed by atoms with Gasteiger partial charge in [0.15, 0.2) is 6.61 Å². The number of nitrogens with zero attached hydrogens (tertiary/aromatic N) is 1. The Labute approximate surface area is 216 Å². The highest BCUT2D eigenvalue weighted by Gasteiger charge is 2.47. The molecule has 0 fully saturated rings. The first-order valence-electron chi connectivity index (χ1n) is 10.2. The van der Waals surface area contributed by atoms with Gasteiger partial charge in [-0.3, -0.25) is 19.3 Å². The highest BCUT2D eigenvalue weighted by atomic mass is 35.5. The number of imide groups is 1. The molecule has 3 amide bonds. The number of benzene rings is 2. The molecule has 0 unspecified atom stereocenters. The summed E-state index contributed by atoms with van der Waals surface area (Å²) < 4.78 is 5.17. The van der Waals surface area contributed by atoms with Crippen molar-refractivity contribution in [2.75, 3.05) is 11.9 Å². The van der Waals surface area contributed by atoms with Crippen molar-refractivity contribution in [2.24, 2.45) is 5.92 Å². The molecule has 1 N–H and O–H groups in total. The maximum Gasteiger partial charge on any atom is 0.329 e. The first-order valence-corrected chi connectivity index (χ1v) is 11.7. The Kier molecular flexibility index (Phi) is 8.14. The molecule has 1 aliphatic heterocycles. The monoisotopic (exact) mass is 544 g/mol. The standard InChI is InChI=1S/C23H20Cl4N2O5/c1-10(2)7-13(23(33)34-9-14(30)28-12-6-4-5-11(3)8-12)29-21(31)15-16(22(29)32)18(25)20(27)19(26)17(15)24/h4-6,8,10,13H,7,9H2,1-3H3,(H,28,30)/t13-/m1/s1. The third-order valence-corrected chi connectivity index (χ3v) is 6.86. The number of aryl methyl sites for hydroxylation is 1. The molecule has 0 aromatic heterocycles. The van der Waals surface area contributed by atoms with Gasteiger partial charge in [-0.15, -0.1) is 0 Å². The predicted molar refractivity (Wildman–Crippen MR) is 131 cm³/mol. The van der Waals surface area contributed by atoms with Gasteiger partial charge in [0.25, 0.3) is 17.7 Å². The fourth-order valence-corrected chi connectivity index (χ4v) is 4.57. The summed E-state index contributed by atoms with van der Waals surface area (Å²) in [7, 11) is 0. The summed E-state index contributed by atoms with van der Waals surface area (Å²) in [5.74, 6) is -3.31. The van der Waals surface area contributed by atoms with Gasteiger partial charge in [0.2, 0.25) is 0 Å². The second-order valence-corrected chi connectivity index (χ2v) is 9.67. The Morgan fingerprint density at radius 3 is 2.03 bits per heavy atom. The number of fused-ring (bicyclic) bond motifs is 1. The van der Waals surface area contributed by atoms with Crippen LogP contribution in [0.15, 0.2) is 24.3 Å². The molecule has 0 aliphatic carbocycles. The van der Waals surface area contributed by atoms with Crippen molar-refractivity contribution < 1.29 is 23.9 Å². The van der Waals surface area contributed by atoms with E-state index in [0.29, 0.717) is 5.69 Å². The zero-order valence-corrected chi connectivity index (χ0v) is 21.4. The molecular formula is C23H20Cl4N2O5. The smallest absolute Gasteiger partial charge is 0.329 e. The first kappa shape index (κ1) is 26.3. The normalized spacial score (nSPS) is 13.8. The van der Waals surface area contributed by atoms with Crippen molar-refractivity contribution in [1.82, 2.24) is 4.90 Å². The SMILES string of the molecule is Cc1cccc(NC(=O)COC(=O)[C@@H](CC(C)C)N2C(=O)c3c(Cl)c(Cl)c(Cl)c(Cl)c3C2=O)c1. The van der Waals surface area contributed by atoms with E-state index < -0.39 is 36.3 Å². The number of hydrogen-bond donors (Lipinski definition) is 1. The Hall–Kier alpha value is -2.32. The second-order valence-electron chi connectivity index (χ2n) is 8.16. The van der Waals surface area contributed by atoms with E-state index in [2.05, 4.69) is 5.32 Å². The minimum Gasteiger partial charge on any atom is -0.454 e. The lowest BCUT2D eigenvalue weighted by Gasteiger charge is -2.26. The minimum atomic E-state index is -1.32. The van der Waals surface area contributed by atoms with E-state index in [1.54, 1.807) is 32.0 Å². The number of rotatable bonds is 7. The van der Waals surface area contributed by atoms with Crippen LogP contribution in [0.25, 0.3) is 0 Å². The number of anilines is 1. The van der Waals surface area contributed by atoms with E-state index in [4.69, 9.17) is 51.1 Å². The van der Waals surface area contributed by atoms with Crippen LogP contribution in [0.2, 0.25) is 20.1 Å². The van der Waals surface area contributed by atoms with Crippen LogP contribution in [-0.2, 0) is 14.3 Å². The van der Waals surface area contributed by atoms with E-state index in [-0.39, 0.29) is 43.6 Å². The average molecular weight is 546 g/mol. The van der Waals surface area contributed by atoms with Crippen LogP contribution in [-0.4, -0.2) is 41.2 Å². The summed E-state index contributed by atoms with van der Waals surface area (Å²) in [4.78, 5) is 52.3. The third kappa shape index (κ3) is 5.18. The molecule has 11 heteroatoms.